The van der Waals surface area contributed by atoms with Gasteiger partial charge in [0.1, 0.15) is 13.2 Å². The van der Waals surface area contributed by atoms with E-state index in [2.05, 4.69) is 45.1 Å². The van der Waals surface area contributed by atoms with Crippen LogP contribution >= 0.6 is 0 Å². The third-order valence-electron chi connectivity index (χ3n) is 15.5. The van der Waals surface area contributed by atoms with Crippen molar-refractivity contribution < 1.29 is 28.6 Å². The number of esters is 3. The van der Waals surface area contributed by atoms with Gasteiger partial charge in [-0.15, -0.1) is 0 Å². The van der Waals surface area contributed by atoms with Crippen LogP contribution in [0, 0.1) is 0 Å². The summed E-state index contributed by atoms with van der Waals surface area (Å²) >= 11 is 0. The molecule has 0 aromatic heterocycles. The minimum atomic E-state index is -0.773. The van der Waals surface area contributed by atoms with Crippen molar-refractivity contribution in [1.82, 2.24) is 0 Å². The quantitative estimate of drug-likeness (QED) is 0.0261. The van der Waals surface area contributed by atoms with Gasteiger partial charge < -0.3 is 14.2 Å². The van der Waals surface area contributed by atoms with Crippen molar-refractivity contribution >= 4 is 17.9 Å². The first kappa shape index (κ1) is 72.9. The molecule has 0 bridgehead atoms. The fourth-order valence-corrected chi connectivity index (χ4v) is 10.4. The lowest BCUT2D eigenvalue weighted by Crippen LogP contribution is -2.30. The lowest BCUT2D eigenvalue weighted by molar-refractivity contribution is -0.167. The first-order valence-corrected chi connectivity index (χ1v) is 33.8. The second-order valence-corrected chi connectivity index (χ2v) is 23.1. The molecule has 0 spiro atoms. The lowest BCUT2D eigenvalue weighted by Gasteiger charge is -2.18. The predicted octanol–water partition coefficient (Wildman–Crippen LogP) is 23.0. The summed E-state index contributed by atoms with van der Waals surface area (Å²) in [5.41, 5.74) is 0. The molecule has 0 saturated heterocycles. The molecule has 0 radical (unpaired) electrons. The molecular formula is C69H130O6. The van der Waals surface area contributed by atoms with E-state index in [1.807, 2.05) is 0 Å². The Morgan fingerprint density at radius 1 is 0.267 bits per heavy atom. The van der Waals surface area contributed by atoms with Crippen molar-refractivity contribution in [3.05, 3.63) is 24.3 Å². The largest absolute Gasteiger partial charge is 0.462 e. The maximum absolute atomic E-state index is 12.9. The van der Waals surface area contributed by atoms with Crippen molar-refractivity contribution in [1.29, 1.82) is 0 Å². The van der Waals surface area contributed by atoms with E-state index < -0.39 is 6.10 Å². The van der Waals surface area contributed by atoms with Gasteiger partial charge in [-0.3, -0.25) is 14.4 Å². The number of ether oxygens (including phenoxy) is 3. The molecule has 75 heavy (non-hydrogen) atoms. The van der Waals surface area contributed by atoms with Gasteiger partial charge in [0.05, 0.1) is 0 Å². The Kier molecular flexibility index (Phi) is 62.6. The summed E-state index contributed by atoms with van der Waals surface area (Å²) in [4.78, 5) is 38.4. The lowest BCUT2D eigenvalue weighted by atomic mass is 10.0. The fraction of sp³-hybridized carbons (Fsp3) is 0.899. The molecule has 1 atom stereocenters. The first-order valence-electron chi connectivity index (χ1n) is 33.8. The SMILES string of the molecule is CCCCC/C=C\C/C=C\CCCCCCCC(=O)OCC(COC(=O)CCCCCCCCCCCCCCCCCCCCCCC)OC(=O)CCCCCCCCCCCCCCCCCCCCCCC. The van der Waals surface area contributed by atoms with E-state index >= 15 is 0 Å². The molecule has 0 saturated carbocycles. The zero-order valence-electron chi connectivity index (χ0n) is 50.8. The first-order chi connectivity index (χ1) is 37.0. The Morgan fingerprint density at radius 2 is 0.480 bits per heavy atom. The van der Waals surface area contributed by atoms with Gasteiger partial charge in [0, 0.05) is 19.3 Å². The number of carbonyl (C=O) groups excluding carboxylic acids is 3. The average Bonchev–Trinajstić information content (AvgIpc) is 3.41. The second-order valence-electron chi connectivity index (χ2n) is 23.1. The van der Waals surface area contributed by atoms with Crippen LogP contribution in [-0.4, -0.2) is 37.2 Å². The van der Waals surface area contributed by atoms with Gasteiger partial charge in [-0.25, -0.2) is 0 Å². The Labute approximate surface area is 468 Å². The van der Waals surface area contributed by atoms with Gasteiger partial charge in [0.25, 0.3) is 0 Å². The van der Waals surface area contributed by atoms with E-state index in [0.717, 1.165) is 77.0 Å². The summed E-state index contributed by atoms with van der Waals surface area (Å²) in [6, 6.07) is 0. The Hall–Kier alpha value is -2.11. The van der Waals surface area contributed by atoms with Crippen molar-refractivity contribution in [2.24, 2.45) is 0 Å². The molecule has 0 fully saturated rings. The van der Waals surface area contributed by atoms with Gasteiger partial charge in [0.15, 0.2) is 6.10 Å². The van der Waals surface area contributed by atoms with E-state index in [0.29, 0.717) is 19.3 Å². The molecule has 0 amide bonds. The van der Waals surface area contributed by atoms with Crippen LogP contribution in [0.4, 0.5) is 0 Å². The number of hydrogen-bond acceptors (Lipinski definition) is 6. The molecular weight excluding hydrogens is 925 g/mol. The van der Waals surface area contributed by atoms with Gasteiger partial charge in [-0.05, 0) is 51.4 Å². The van der Waals surface area contributed by atoms with Crippen LogP contribution < -0.4 is 0 Å². The van der Waals surface area contributed by atoms with E-state index in [4.69, 9.17) is 14.2 Å². The molecule has 0 rings (SSSR count). The summed E-state index contributed by atoms with van der Waals surface area (Å²) in [6.45, 7) is 6.69. The third kappa shape index (κ3) is 62.6. The standard InChI is InChI=1S/C69H130O6/c1-4-7-10-13-16-19-22-25-28-30-32-34-36-38-41-44-47-50-53-56-59-62-68(71)74-65-66(64-73-67(70)61-58-55-52-49-46-43-40-27-24-21-18-15-12-9-6-3)75-69(72)63-60-57-54-51-48-45-42-39-37-35-33-31-29-26-23-20-17-14-11-8-5-2/h18,21,27,40,66H,4-17,19-20,22-26,28-39,41-65H2,1-3H3/b21-18-,40-27-. The number of hydrogen-bond donors (Lipinski definition) is 0. The molecule has 0 aliphatic heterocycles. The predicted molar refractivity (Wildman–Crippen MR) is 326 cm³/mol. The molecule has 0 aliphatic rings. The summed E-state index contributed by atoms with van der Waals surface area (Å²) in [5, 5.41) is 0. The van der Waals surface area contributed by atoms with Gasteiger partial charge in [-0.1, -0.05) is 334 Å². The second kappa shape index (κ2) is 64.4. The van der Waals surface area contributed by atoms with Crippen LogP contribution in [0.1, 0.15) is 380 Å². The van der Waals surface area contributed by atoms with Gasteiger partial charge in [-0.2, -0.15) is 0 Å². The number of allylic oxidation sites excluding steroid dienone is 4. The highest BCUT2D eigenvalue weighted by Gasteiger charge is 2.19. The van der Waals surface area contributed by atoms with Crippen LogP contribution in [0.25, 0.3) is 0 Å². The van der Waals surface area contributed by atoms with Gasteiger partial charge in [0.2, 0.25) is 0 Å². The zero-order chi connectivity index (χ0) is 54.3. The molecule has 0 aliphatic carbocycles. The highest BCUT2D eigenvalue weighted by atomic mass is 16.6. The van der Waals surface area contributed by atoms with Crippen LogP contribution in [0.5, 0.6) is 0 Å². The maximum atomic E-state index is 12.9. The zero-order valence-corrected chi connectivity index (χ0v) is 50.8. The van der Waals surface area contributed by atoms with Crippen molar-refractivity contribution in [2.45, 2.75) is 386 Å². The molecule has 6 heteroatoms. The van der Waals surface area contributed by atoms with Crippen LogP contribution in [-0.2, 0) is 28.6 Å². The highest BCUT2D eigenvalue weighted by Crippen LogP contribution is 2.19. The molecule has 1 unspecified atom stereocenters. The number of rotatable bonds is 63. The normalized spacial score (nSPS) is 12.1. The molecule has 442 valence electrons. The summed E-state index contributed by atoms with van der Waals surface area (Å²) in [7, 11) is 0. The van der Waals surface area contributed by atoms with Crippen molar-refractivity contribution in [3.63, 3.8) is 0 Å². The minimum Gasteiger partial charge on any atom is -0.462 e. The van der Waals surface area contributed by atoms with Crippen molar-refractivity contribution in [2.75, 3.05) is 13.2 Å². The van der Waals surface area contributed by atoms with Crippen LogP contribution in [0.15, 0.2) is 24.3 Å². The molecule has 0 N–H and O–H groups in total. The summed E-state index contributed by atoms with van der Waals surface area (Å²) in [5.74, 6) is -0.852. The van der Waals surface area contributed by atoms with E-state index in [1.54, 1.807) is 0 Å². The third-order valence-corrected chi connectivity index (χ3v) is 15.5. The topological polar surface area (TPSA) is 78.9 Å². The smallest absolute Gasteiger partial charge is 0.306 e. The van der Waals surface area contributed by atoms with E-state index in [-0.39, 0.29) is 31.1 Å². The Bertz CT molecular complexity index is 1210. The maximum Gasteiger partial charge on any atom is 0.306 e. The molecule has 0 aromatic carbocycles. The summed E-state index contributed by atoms with van der Waals surface area (Å²) in [6.07, 6.45) is 77.7. The Balaban J connectivity index is 4.28. The highest BCUT2D eigenvalue weighted by molar-refractivity contribution is 5.71. The summed E-state index contributed by atoms with van der Waals surface area (Å²) < 4.78 is 17.0. The van der Waals surface area contributed by atoms with Crippen LogP contribution in [0.2, 0.25) is 0 Å². The van der Waals surface area contributed by atoms with Crippen molar-refractivity contribution in [3.8, 4) is 0 Å². The minimum absolute atomic E-state index is 0.0693. The van der Waals surface area contributed by atoms with E-state index in [1.165, 1.54) is 263 Å². The Morgan fingerprint density at radius 3 is 0.760 bits per heavy atom. The van der Waals surface area contributed by atoms with Crippen LogP contribution in [0.3, 0.4) is 0 Å². The molecule has 0 heterocycles. The van der Waals surface area contributed by atoms with E-state index in [9.17, 15) is 14.4 Å². The average molecular weight is 1060 g/mol. The number of unbranched alkanes of at least 4 members (excludes halogenated alkanes) is 48. The monoisotopic (exact) mass is 1050 g/mol. The number of carbonyl (C=O) groups is 3. The molecule has 0 aromatic rings. The molecule has 6 nitrogen and oxygen atoms in total. The van der Waals surface area contributed by atoms with Gasteiger partial charge >= 0.3 is 17.9 Å². The fourth-order valence-electron chi connectivity index (χ4n) is 10.4.